The highest BCUT2D eigenvalue weighted by molar-refractivity contribution is 5.86. The van der Waals surface area contributed by atoms with Gasteiger partial charge in [0, 0.05) is 29.6 Å². The van der Waals surface area contributed by atoms with Gasteiger partial charge in [0.15, 0.2) is 0 Å². The maximum Gasteiger partial charge on any atom is 0.112 e. The van der Waals surface area contributed by atoms with Crippen LogP contribution >= 0.6 is 0 Å². The number of hydrogen-bond donors (Lipinski definition) is 1. The Bertz CT molecular complexity index is 1060. The van der Waals surface area contributed by atoms with Gasteiger partial charge in [-0.25, -0.2) is 0 Å². The number of benzene rings is 1. The molecule has 3 aromatic heterocycles. The lowest BCUT2D eigenvalue weighted by Gasteiger charge is -2.08. The molecule has 0 atom stereocenters. The van der Waals surface area contributed by atoms with Crippen LogP contribution in [-0.4, -0.2) is 20.2 Å². The molecule has 4 heteroatoms. The van der Waals surface area contributed by atoms with Gasteiger partial charge in [0.1, 0.15) is 11.0 Å². The van der Waals surface area contributed by atoms with Crippen LogP contribution in [0, 0.1) is 6.92 Å². The molecule has 4 nitrogen and oxygen atoms in total. The van der Waals surface area contributed by atoms with Crippen molar-refractivity contribution < 1.29 is 0 Å². The minimum absolute atomic E-state index is 0.666. The molecule has 0 unspecified atom stereocenters. The lowest BCUT2D eigenvalue weighted by Crippen LogP contribution is -1.95. The topological polar surface area (TPSA) is 54.5 Å². The molecular weight excluding hydrogens is 296 g/mol. The van der Waals surface area contributed by atoms with E-state index in [2.05, 4.69) is 46.4 Å². The normalized spacial score (nSPS) is 14.5. The molecule has 3 heterocycles. The standard InChI is InChI=1S/C20H18N4/c1-12-9-15-10-13(4-7-16(15)19(22-12)14-5-6-14)11-18-20-17(23-24-18)3-2-8-21-20/h2-4,7-10,14H,5-6,11H2,1H3,(H,23,24). The summed E-state index contributed by atoms with van der Waals surface area (Å²) in [5.41, 5.74) is 6.61. The third kappa shape index (κ3) is 2.26. The van der Waals surface area contributed by atoms with Crippen LogP contribution in [0.3, 0.4) is 0 Å². The summed E-state index contributed by atoms with van der Waals surface area (Å²) in [5, 5.41) is 10.1. The first-order chi connectivity index (χ1) is 11.8. The van der Waals surface area contributed by atoms with Crippen molar-refractivity contribution in [2.45, 2.75) is 32.1 Å². The number of nitrogens with one attached hydrogen (secondary N) is 1. The molecule has 0 spiro atoms. The van der Waals surface area contributed by atoms with Crippen LogP contribution in [0.25, 0.3) is 21.8 Å². The zero-order valence-electron chi connectivity index (χ0n) is 13.6. The number of aromatic nitrogens is 4. The van der Waals surface area contributed by atoms with Gasteiger partial charge < -0.3 is 0 Å². The second-order valence-electron chi connectivity index (χ2n) is 6.73. The number of aryl methyl sites for hydroxylation is 1. The van der Waals surface area contributed by atoms with Gasteiger partial charge in [0.2, 0.25) is 0 Å². The number of hydrogen-bond acceptors (Lipinski definition) is 3. The molecule has 1 N–H and O–H groups in total. The predicted octanol–water partition coefficient (Wildman–Crippen LogP) is 4.28. The molecule has 1 saturated carbocycles. The third-order valence-electron chi connectivity index (χ3n) is 4.78. The number of pyridine rings is 2. The van der Waals surface area contributed by atoms with Crippen molar-refractivity contribution in [1.29, 1.82) is 0 Å². The van der Waals surface area contributed by atoms with Gasteiger partial charge in [-0.1, -0.05) is 18.2 Å². The summed E-state index contributed by atoms with van der Waals surface area (Å²) in [6, 6.07) is 12.8. The Morgan fingerprint density at radius 1 is 1.17 bits per heavy atom. The van der Waals surface area contributed by atoms with Gasteiger partial charge in [-0.3, -0.25) is 15.1 Å². The van der Waals surface area contributed by atoms with E-state index in [1.165, 1.54) is 34.9 Å². The molecule has 5 rings (SSSR count). The zero-order valence-corrected chi connectivity index (χ0v) is 13.6. The summed E-state index contributed by atoms with van der Waals surface area (Å²) < 4.78 is 0. The van der Waals surface area contributed by atoms with E-state index in [0.29, 0.717) is 5.92 Å². The van der Waals surface area contributed by atoms with Gasteiger partial charge in [0.25, 0.3) is 0 Å². The van der Waals surface area contributed by atoms with Crippen molar-refractivity contribution in [1.82, 2.24) is 20.2 Å². The van der Waals surface area contributed by atoms with E-state index in [-0.39, 0.29) is 0 Å². The molecule has 24 heavy (non-hydrogen) atoms. The van der Waals surface area contributed by atoms with Crippen molar-refractivity contribution in [3.8, 4) is 0 Å². The first-order valence-electron chi connectivity index (χ1n) is 8.46. The average molecular weight is 314 g/mol. The van der Waals surface area contributed by atoms with Gasteiger partial charge >= 0.3 is 0 Å². The molecule has 118 valence electrons. The molecule has 1 aromatic carbocycles. The lowest BCUT2D eigenvalue weighted by atomic mass is 10.0. The molecule has 4 aromatic rings. The van der Waals surface area contributed by atoms with E-state index in [1.54, 1.807) is 0 Å². The van der Waals surface area contributed by atoms with E-state index < -0.39 is 0 Å². The van der Waals surface area contributed by atoms with E-state index in [1.807, 2.05) is 18.3 Å². The van der Waals surface area contributed by atoms with Crippen LogP contribution in [0.1, 0.15) is 41.4 Å². The Labute approximate surface area is 140 Å². The van der Waals surface area contributed by atoms with E-state index in [4.69, 9.17) is 4.98 Å². The molecule has 1 aliphatic carbocycles. The second kappa shape index (κ2) is 5.13. The van der Waals surface area contributed by atoms with Crippen LogP contribution in [0.5, 0.6) is 0 Å². The molecule has 0 radical (unpaired) electrons. The Hall–Kier alpha value is -2.75. The van der Waals surface area contributed by atoms with Crippen molar-refractivity contribution >= 4 is 21.8 Å². The van der Waals surface area contributed by atoms with Crippen molar-refractivity contribution in [2.24, 2.45) is 0 Å². The SMILES string of the molecule is Cc1cc2cc(Cc3[nH]nc4cccnc34)ccc2c(C2CC2)n1. The van der Waals surface area contributed by atoms with Crippen LogP contribution < -0.4 is 0 Å². The van der Waals surface area contributed by atoms with Gasteiger partial charge in [-0.2, -0.15) is 5.10 Å². The molecule has 0 amide bonds. The molecule has 0 aliphatic heterocycles. The first-order valence-corrected chi connectivity index (χ1v) is 8.46. The number of H-pyrrole nitrogens is 1. The van der Waals surface area contributed by atoms with E-state index >= 15 is 0 Å². The maximum absolute atomic E-state index is 4.78. The summed E-state index contributed by atoms with van der Waals surface area (Å²) in [6.07, 6.45) is 5.18. The summed E-state index contributed by atoms with van der Waals surface area (Å²) in [5.74, 6) is 0.666. The Balaban J connectivity index is 1.58. The highest BCUT2D eigenvalue weighted by Gasteiger charge is 2.27. The number of aromatic amines is 1. The van der Waals surface area contributed by atoms with Gasteiger partial charge in [-0.15, -0.1) is 0 Å². The zero-order chi connectivity index (χ0) is 16.1. The molecule has 0 bridgehead atoms. The Morgan fingerprint density at radius 2 is 2.08 bits per heavy atom. The van der Waals surface area contributed by atoms with E-state index in [0.717, 1.165) is 28.8 Å². The summed E-state index contributed by atoms with van der Waals surface area (Å²) in [4.78, 5) is 9.24. The molecule has 1 aliphatic rings. The maximum atomic E-state index is 4.78. The third-order valence-corrected chi connectivity index (χ3v) is 4.78. The van der Waals surface area contributed by atoms with Crippen LogP contribution in [0.4, 0.5) is 0 Å². The quantitative estimate of drug-likeness (QED) is 0.614. The molecule has 0 saturated heterocycles. The summed E-state index contributed by atoms with van der Waals surface area (Å²) in [7, 11) is 0. The van der Waals surface area contributed by atoms with Crippen LogP contribution in [0.2, 0.25) is 0 Å². The number of fused-ring (bicyclic) bond motifs is 2. The monoisotopic (exact) mass is 314 g/mol. The van der Waals surface area contributed by atoms with Gasteiger partial charge in [-0.05, 0) is 48.9 Å². The minimum atomic E-state index is 0.666. The fourth-order valence-corrected chi connectivity index (χ4v) is 3.48. The smallest absolute Gasteiger partial charge is 0.112 e. The first kappa shape index (κ1) is 13.7. The molecule has 1 fully saturated rings. The fourth-order valence-electron chi connectivity index (χ4n) is 3.48. The molecular formula is C20H18N4. The average Bonchev–Trinajstić information content (AvgIpc) is 3.36. The highest BCUT2D eigenvalue weighted by Crippen LogP contribution is 2.42. The minimum Gasteiger partial charge on any atom is -0.279 e. The summed E-state index contributed by atoms with van der Waals surface area (Å²) in [6.45, 7) is 2.09. The van der Waals surface area contributed by atoms with Gasteiger partial charge in [0.05, 0.1) is 11.4 Å². The predicted molar refractivity (Wildman–Crippen MR) is 95.1 cm³/mol. The highest BCUT2D eigenvalue weighted by atomic mass is 15.1. The Morgan fingerprint density at radius 3 is 2.96 bits per heavy atom. The fraction of sp³-hybridized carbons (Fsp3) is 0.250. The number of nitrogens with zero attached hydrogens (tertiary/aromatic N) is 3. The summed E-state index contributed by atoms with van der Waals surface area (Å²) >= 11 is 0. The van der Waals surface area contributed by atoms with Crippen molar-refractivity contribution in [3.63, 3.8) is 0 Å². The Kier molecular flexibility index (Phi) is 2.92. The van der Waals surface area contributed by atoms with E-state index in [9.17, 15) is 0 Å². The number of rotatable bonds is 3. The van der Waals surface area contributed by atoms with Crippen LogP contribution in [0.15, 0.2) is 42.6 Å². The largest absolute Gasteiger partial charge is 0.279 e. The van der Waals surface area contributed by atoms with Crippen LogP contribution in [-0.2, 0) is 6.42 Å². The van der Waals surface area contributed by atoms with Crippen molar-refractivity contribution in [3.05, 3.63) is 65.2 Å². The van der Waals surface area contributed by atoms with Crippen molar-refractivity contribution in [2.75, 3.05) is 0 Å². The lowest BCUT2D eigenvalue weighted by molar-refractivity contribution is 1.01. The second-order valence-corrected chi connectivity index (χ2v) is 6.73.